The zero-order valence-electron chi connectivity index (χ0n) is 16.1. The maximum absolute atomic E-state index is 9.83. The second-order valence-electron chi connectivity index (χ2n) is 7.07. The summed E-state index contributed by atoms with van der Waals surface area (Å²) in [6.45, 7) is 7.12. The molecule has 0 aliphatic carbocycles. The Morgan fingerprint density at radius 2 is 1.89 bits per heavy atom. The van der Waals surface area contributed by atoms with Crippen molar-refractivity contribution in [3.05, 3.63) is 42.1 Å². The molecule has 0 spiro atoms. The van der Waals surface area contributed by atoms with Gasteiger partial charge in [-0.3, -0.25) is 0 Å². The van der Waals surface area contributed by atoms with E-state index in [9.17, 15) is 5.11 Å². The predicted molar refractivity (Wildman–Crippen MR) is 114 cm³/mol. The van der Waals surface area contributed by atoms with Crippen molar-refractivity contribution in [2.24, 2.45) is 7.05 Å². The van der Waals surface area contributed by atoms with Gasteiger partial charge in [-0.15, -0.1) is 0 Å². The number of rotatable bonds is 6. The lowest BCUT2D eigenvalue weighted by atomic mass is 10.1. The number of aryl methyl sites for hydroxylation is 2. The third kappa shape index (κ3) is 2.98. The molecule has 0 bridgehead atoms. The molecule has 0 radical (unpaired) electrons. The molecule has 0 saturated carbocycles. The van der Waals surface area contributed by atoms with Gasteiger partial charge < -0.3 is 20.3 Å². The highest BCUT2D eigenvalue weighted by atomic mass is 16.3. The van der Waals surface area contributed by atoms with Crippen molar-refractivity contribution in [1.82, 2.24) is 14.9 Å². The summed E-state index contributed by atoms with van der Waals surface area (Å²) in [6.07, 6.45) is 3.00. The van der Waals surface area contributed by atoms with Crippen LogP contribution in [0.15, 0.2) is 36.5 Å². The van der Waals surface area contributed by atoms with Gasteiger partial charge in [-0.25, -0.2) is 4.98 Å². The SMILES string of the molecule is CCNCCCNc1ncc(C)c2c1c1ccc3cc(O)ccc3c1n2C. The molecule has 2 aromatic heterocycles. The quantitative estimate of drug-likeness (QED) is 0.447. The average Bonchev–Trinajstić information content (AvgIpc) is 2.97. The Balaban J connectivity index is 1.89. The number of anilines is 1. The summed E-state index contributed by atoms with van der Waals surface area (Å²) in [4.78, 5) is 4.70. The minimum Gasteiger partial charge on any atom is -0.508 e. The summed E-state index contributed by atoms with van der Waals surface area (Å²) < 4.78 is 2.25. The number of aromatic hydroxyl groups is 1. The molecule has 2 aromatic carbocycles. The number of nitrogens with one attached hydrogen (secondary N) is 2. The van der Waals surface area contributed by atoms with Crippen LogP contribution < -0.4 is 10.6 Å². The molecule has 2 heterocycles. The summed E-state index contributed by atoms with van der Waals surface area (Å²) in [5.74, 6) is 1.23. The van der Waals surface area contributed by atoms with Crippen molar-refractivity contribution in [2.45, 2.75) is 20.3 Å². The summed E-state index contributed by atoms with van der Waals surface area (Å²) in [6, 6.07) is 9.79. The third-order valence-electron chi connectivity index (χ3n) is 5.22. The summed E-state index contributed by atoms with van der Waals surface area (Å²) in [5.41, 5.74) is 3.54. The Labute approximate surface area is 159 Å². The second-order valence-corrected chi connectivity index (χ2v) is 7.07. The molecule has 0 aliphatic rings. The van der Waals surface area contributed by atoms with Crippen LogP contribution in [-0.2, 0) is 7.05 Å². The lowest BCUT2D eigenvalue weighted by Gasteiger charge is -2.09. The molecule has 0 saturated heterocycles. The van der Waals surface area contributed by atoms with E-state index in [0.717, 1.165) is 48.2 Å². The number of phenols is 1. The van der Waals surface area contributed by atoms with Gasteiger partial charge in [0, 0.05) is 30.6 Å². The second kappa shape index (κ2) is 7.08. The average molecular weight is 362 g/mol. The summed E-state index contributed by atoms with van der Waals surface area (Å²) >= 11 is 0. The number of phenolic OH excluding ortho intramolecular Hbond substituents is 1. The van der Waals surface area contributed by atoms with Crippen molar-refractivity contribution in [2.75, 3.05) is 25.0 Å². The minimum atomic E-state index is 0.293. The molecule has 0 fully saturated rings. The van der Waals surface area contributed by atoms with E-state index in [1.54, 1.807) is 6.07 Å². The third-order valence-corrected chi connectivity index (χ3v) is 5.22. The van der Waals surface area contributed by atoms with Crippen LogP contribution in [0.1, 0.15) is 18.9 Å². The Kier molecular flexibility index (Phi) is 4.62. The Bertz CT molecular complexity index is 1130. The van der Waals surface area contributed by atoms with Crippen LogP contribution in [0.4, 0.5) is 5.82 Å². The van der Waals surface area contributed by atoms with E-state index >= 15 is 0 Å². The van der Waals surface area contributed by atoms with Crippen LogP contribution in [0, 0.1) is 6.92 Å². The van der Waals surface area contributed by atoms with E-state index < -0.39 is 0 Å². The molecule has 4 aromatic rings. The first kappa shape index (κ1) is 17.6. The molecule has 0 atom stereocenters. The lowest BCUT2D eigenvalue weighted by Crippen LogP contribution is -2.17. The molecule has 5 nitrogen and oxygen atoms in total. The highest BCUT2D eigenvalue weighted by molar-refractivity contribution is 6.21. The lowest BCUT2D eigenvalue weighted by molar-refractivity contribution is 0.476. The highest BCUT2D eigenvalue weighted by Crippen LogP contribution is 2.38. The standard InChI is InChI=1S/C22H26N4O/c1-4-23-10-5-11-24-22-19-18-8-6-15-12-16(27)7-9-17(15)21(18)26(3)20(19)14(2)13-25-22/h6-9,12-13,23,27H,4-5,10-11H2,1-3H3,(H,24,25). The Morgan fingerprint density at radius 1 is 1.07 bits per heavy atom. The number of pyridine rings is 1. The molecule has 0 amide bonds. The molecule has 27 heavy (non-hydrogen) atoms. The largest absolute Gasteiger partial charge is 0.508 e. The molecule has 0 aliphatic heterocycles. The van der Waals surface area contributed by atoms with E-state index in [2.05, 4.69) is 48.2 Å². The van der Waals surface area contributed by atoms with Gasteiger partial charge in [0.05, 0.1) is 16.4 Å². The smallest absolute Gasteiger partial charge is 0.136 e. The monoisotopic (exact) mass is 362 g/mol. The van der Waals surface area contributed by atoms with Crippen molar-refractivity contribution >= 4 is 38.4 Å². The maximum atomic E-state index is 9.83. The summed E-state index contributed by atoms with van der Waals surface area (Å²) in [5, 5.41) is 21.3. The van der Waals surface area contributed by atoms with E-state index in [-0.39, 0.29) is 0 Å². The zero-order valence-corrected chi connectivity index (χ0v) is 16.1. The fourth-order valence-electron chi connectivity index (χ4n) is 3.99. The van der Waals surface area contributed by atoms with E-state index in [1.165, 1.54) is 21.8 Å². The van der Waals surface area contributed by atoms with Crippen molar-refractivity contribution in [3.8, 4) is 5.75 Å². The molecule has 140 valence electrons. The number of fused-ring (bicyclic) bond motifs is 5. The topological polar surface area (TPSA) is 62.1 Å². The van der Waals surface area contributed by atoms with Crippen molar-refractivity contribution < 1.29 is 5.11 Å². The molecule has 5 heteroatoms. The van der Waals surface area contributed by atoms with Crippen LogP contribution in [-0.4, -0.2) is 34.3 Å². The van der Waals surface area contributed by atoms with E-state index in [4.69, 9.17) is 4.98 Å². The van der Waals surface area contributed by atoms with Gasteiger partial charge in [0.15, 0.2) is 0 Å². The van der Waals surface area contributed by atoms with Gasteiger partial charge in [0.1, 0.15) is 11.6 Å². The van der Waals surface area contributed by atoms with Gasteiger partial charge in [0.25, 0.3) is 0 Å². The fraction of sp³-hybridized carbons (Fsp3) is 0.318. The first-order valence-electron chi connectivity index (χ1n) is 9.55. The van der Waals surface area contributed by atoms with Gasteiger partial charge in [0.2, 0.25) is 0 Å². The summed E-state index contributed by atoms with van der Waals surface area (Å²) in [7, 11) is 2.11. The van der Waals surface area contributed by atoms with Gasteiger partial charge in [-0.2, -0.15) is 0 Å². The van der Waals surface area contributed by atoms with E-state index in [0.29, 0.717) is 5.75 Å². The van der Waals surface area contributed by atoms with Crippen LogP contribution in [0.2, 0.25) is 0 Å². The molecule has 4 rings (SSSR count). The van der Waals surface area contributed by atoms with Gasteiger partial charge >= 0.3 is 0 Å². The van der Waals surface area contributed by atoms with Gasteiger partial charge in [-0.1, -0.05) is 19.1 Å². The Morgan fingerprint density at radius 3 is 2.70 bits per heavy atom. The predicted octanol–water partition coefficient (Wildman–Crippen LogP) is 4.31. The normalized spacial score (nSPS) is 11.7. The number of hydrogen-bond donors (Lipinski definition) is 3. The van der Waals surface area contributed by atoms with Crippen molar-refractivity contribution in [1.29, 1.82) is 0 Å². The first-order valence-corrected chi connectivity index (χ1v) is 9.55. The number of aromatic nitrogens is 2. The number of benzene rings is 2. The zero-order chi connectivity index (χ0) is 19.0. The minimum absolute atomic E-state index is 0.293. The van der Waals surface area contributed by atoms with Gasteiger partial charge in [-0.05, 0) is 55.6 Å². The molecule has 3 N–H and O–H groups in total. The van der Waals surface area contributed by atoms with Crippen LogP contribution >= 0.6 is 0 Å². The fourth-order valence-corrected chi connectivity index (χ4v) is 3.99. The number of hydrogen-bond acceptors (Lipinski definition) is 4. The van der Waals surface area contributed by atoms with Crippen LogP contribution in [0.3, 0.4) is 0 Å². The van der Waals surface area contributed by atoms with E-state index in [1.807, 2.05) is 18.3 Å². The van der Waals surface area contributed by atoms with Crippen LogP contribution in [0.25, 0.3) is 32.6 Å². The molecular formula is C22H26N4O. The first-order chi connectivity index (χ1) is 13.1. The van der Waals surface area contributed by atoms with Crippen LogP contribution in [0.5, 0.6) is 5.75 Å². The highest BCUT2D eigenvalue weighted by Gasteiger charge is 2.17. The Hall–Kier alpha value is -2.79. The molecule has 0 unspecified atom stereocenters. The van der Waals surface area contributed by atoms with Crippen molar-refractivity contribution in [3.63, 3.8) is 0 Å². The number of nitrogens with zero attached hydrogens (tertiary/aromatic N) is 2. The molecular weight excluding hydrogens is 336 g/mol. The maximum Gasteiger partial charge on any atom is 0.136 e.